The highest BCUT2D eigenvalue weighted by Crippen LogP contribution is 2.35. The van der Waals surface area contributed by atoms with E-state index in [1.807, 2.05) is 24.3 Å². The Balaban J connectivity index is 1.72. The number of benzene rings is 1. The molecule has 0 saturated carbocycles. The maximum absolute atomic E-state index is 13.3. The molecule has 27 heavy (non-hydrogen) atoms. The first kappa shape index (κ1) is 18.6. The first-order valence-electron chi connectivity index (χ1n) is 8.37. The number of aryl methyl sites for hydroxylation is 1. The molecule has 3 rings (SSSR count). The number of nitrogens with two attached hydrogens (primary N) is 1. The third-order valence-corrected chi connectivity index (χ3v) is 4.01. The molecule has 5 nitrogen and oxygen atoms in total. The Hall–Kier alpha value is -3.16. The van der Waals surface area contributed by atoms with E-state index in [-0.39, 0.29) is 11.6 Å². The van der Waals surface area contributed by atoms with Crippen LogP contribution in [0.5, 0.6) is 0 Å². The molecule has 0 fully saturated rings. The number of pyridine rings is 1. The average Bonchev–Trinajstić information content (AvgIpc) is 2.66. The number of para-hydroxylation sites is 1. The standard InChI is InChI=1S/C19H18F3N5/c20-19(21,22)15-12-26-18(27-17(15)14-7-10-24-11-8-14)25-9-3-5-13-4-1-2-6-16(13)23/h1-2,4,6-8,10-12H,3,5,9,23H2,(H,25,26,27). The van der Waals surface area contributed by atoms with Crippen LogP contribution >= 0.6 is 0 Å². The number of nitrogens with zero attached hydrogens (tertiary/aromatic N) is 3. The molecular formula is C19H18F3N5. The highest BCUT2D eigenvalue weighted by molar-refractivity contribution is 5.64. The molecule has 1 aromatic carbocycles. The smallest absolute Gasteiger partial charge is 0.399 e. The van der Waals surface area contributed by atoms with Crippen molar-refractivity contribution < 1.29 is 13.2 Å². The van der Waals surface area contributed by atoms with Crippen molar-refractivity contribution in [3.05, 3.63) is 66.1 Å². The summed E-state index contributed by atoms with van der Waals surface area (Å²) in [6.45, 7) is 0.509. The fourth-order valence-corrected chi connectivity index (χ4v) is 2.65. The normalized spacial score (nSPS) is 11.4. The van der Waals surface area contributed by atoms with Gasteiger partial charge in [-0.3, -0.25) is 4.98 Å². The Morgan fingerprint density at radius 1 is 1.04 bits per heavy atom. The quantitative estimate of drug-likeness (QED) is 0.501. The van der Waals surface area contributed by atoms with Crippen LogP contribution in [0.2, 0.25) is 0 Å². The van der Waals surface area contributed by atoms with E-state index in [4.69, 9.17) is 5.73 Å². The third kappa shape index (κ3) is 4.72. The molecule has 140 valence electrons. The molecule has 3 aromatic rings. The van der Waals surface area contributed by atoms with Crippen LogP contribution in [-0.4, -0.2) is 21.5 Å². The van der Waals surface area contributed by atoms with Gasteiger partial charge in [-0.15, -0.1) is 0 Å². The lowest BCUT2D eigenvalue weighted by atomic mass is 10.1. The number of anilines is 2. The molecule has 0 aliphatic rings. The summed E-state index contributed by atoms with van der Waals surface area (Å²) in [5.74, 6) is 0.149. The van der Waals surface area contributed by atoms with Crippen molar-refractivity contribution in [3.8, 4) is 11.3 Å². The average molecular weight is 373 g/mol. The Labute approximate surface area is 154 Å². The van der Waals surface area contributed by atoms with Gasteiger partial charge in [-0.05, 0) is 36.6 Å². The monoisotopic (exact) mass is 373 g/mol. The molecule has 0 saturated heterocycles. The van der Waals surface area contributed by atoms with E-state index in [0.717, 1.165) is 30.3 Å². The topological polar surface area (TPSA) is 76.7 Å². The van der Waals surface area contributed by atoms with Crippen molar-refractivity contribution in [1.29, 1.82) is 0 Å². The lowest BCUT2D eigenvalue weighted by Crippen LogP contribution is -2.13. The predicted octanol–water partition coefficient (Wildman–Crippen LogP) is 4.18. The van der Waals surface area contributed by atoms with Gasteiger partial charge in [0.2, 0.25) is 5.95 Å². The third-order valence-electron chi connectivity index (χ3n) is 4.01. The van der Waals surface area contributed by atoms with Crippen molar-refractivity contribution in [2.75, 3.05) is 17.6 Å². The van der Waals surface area contributed by atoms with Crippen LogP contribution in [0.25, 0.3) is 11.3 Å². The molecule has 0 amide bonds. The fraction of sp³-hybridized carbons (Fsp3) is 0.211. The van der Waals surface area contributed by atoms with Crippen molar-refractivity contribution in [1.82, 2.24) is 15.0 Å². The van der Waals surface area contributed by atoms with Crippen LogP contribution in [0.1, 0.15) is 17.5 Å². The summed E-state index contributed by atoms with van der Waals surface area (Å²) in [6, 6.07) is 10.5. The number of aromatic nitrogens is 3. The highest BCUT2D eigenvalue weighted by Gasteiger charge is 2.35. The van der Waals surface area contributed by atoms with E-state index in [9.17, 15) is 13.2 Å². The minimum Gasteiger partial charge on any atom is -0.399 e. The van der Waals surface area contributed by atoms with E-state index < -0.39 is 11.7 Å². The number of alkyl halides is 3. The Morgan fingerprint density at radius 2 is 1.78 bits per heavy atom. The van der Waals surface area contributed by atoms with Gasteiger partial charge in [-0.2, -0.15) is 13.2 Å². The molecular weight excluding hydrogens is 355 g/mol. The molecule has 0 radical (unpaired) electrons. The van der Waals surface area contributed by atoms with Crippen LogP contribution in [0, 0.1) is 0 Å². The first-order valence-corrected chi connectivity index (χ1v) is 8.37. The summed E-state index contributed by atoms with van der Waals surface area (Å²) in [5, 5.41) is 2.98. The number of halogens is 3. The lowest BCUT2D eigenvalue weighted by Gasteiger charge is -2.13. The minimum absolute atomic E-state index is 0.149. The number of nitrogens with one attached hydrogen (secondary N) is 1. The molecule has 0 unspecified atom stereocenters. The molecule has 0 aliphatic carbocycles. The van der Waals surface area contributed by atoms with Crippen molar-refractivity contribution >= 4 is 11.6 Å². The molecule has 0 aliphatic heterocycles. The zero-order valence-corrected chi connectivity index (χ0v) is 14.4. The van der Waals surface area contributed by atoms with Gasteiger partial charge < -0.3 is 11.1 Å². The molecule has 2 heterocycles. The van der Waals surface area contributed by atoms with E-state index in [0.29, 0.717) is 12.1 Å². The maximum atomic E-state index is 13.3. The number of rotatable bonds is 6. The van der Waals surface area contributed by atoms with Crippen molar-refractivity contribution in [2.45, 2.75) is 19.0 Å². The summed E-state index contributed by atoms with van der Waals surface area (Å²) in [5.41, 5.74) is 6.94. The van der Waals surface area contributed by atoms with Crippen molar-refractivity contribution in [3.63, 3.8) is 0 Å². The Bertz CT molecular complexity index is 897. The fourth-order valence-electron chi connectivity index (χ4n) is 2.65. The predicted molar refractivity (Wildman–Crippen MR) is 97.9 cm³/mol. The van der Waals surface area contributed by atoms with Gasteiger partial charge >= 0.3 is 6.18 Å². The van der Waals surface area contributed by atoms with Gasteiger partial charge in [0, 0.05) is 36.4 Å². The number of hydrogen-bond acceptors (Lipinski definition) is 5. The zero-order chi connectivity index (χ0) is 19.3. The SMILES string of the molecule is Nc1ccccc1CCCNc1ncc(C(F)(F)F)c(-c2ccncc2)n1. The summed E-state index contributed by atoms with van der Waals surface area (Å²) in [6.07, 6.45) is 0.604. The van der Waals surface area contributed by atoms with E-state index in [2.05, 4.69) is 20.3 Å². The zero-order valence-electron chi connectivity index (χ0n) is 14.4. The van der Waals surface area contributed by atoms with Crippen LogP contribution in [0.3, 0.4) is 0 Å². The van der Waals surface area contributed by atoms with Crippen molar-refractivity contribution in [2.24, 2.45) is 0 Å². The van der Waals surface area contributed by atoms with Gasteiger partial charge in [0.15, 0.2) is 0 Å². The van der Waals surface area contributed by atoms with E-state index >= 15 is 0 Å². The molecule has 8 heteroatoms. The van der Waals surface area contributed by atoms with Gasteiger partial charge in [0.05, 0.1) is 5.69 Å². The summed E-state index contributed by atoms with van der Waals surface area (Å²) < 4.78 is 39.8. The summed E-state index contributed by atoms with van der Waals surface area (Å²) >= 11 is 0. The van der Waals surface area contributed by atoms with E-state index in [1.165, 1.54) is 24.5 Å². The Morgan fingerprint density at radius 3 is 2.48 bits per heavy atom. The second-order valence-corrected chi connectivity index (χ2v) is 5.92. The minimum atomic E-state index is -4.54. The van der Waals surface area contributed by atoms with Gasteiger partial charge in [0.25, 0.3) is 0 Å². The van der Waals surface area contributed by atoms with E-state index in [1.54, 1.807) is 0 Å². The maximum Gasteiger partial charge on any atom is 0.419 e. The molecule has 0 spiro atoms. The summed E-state index contributed by atoms with van der Waals surface area (Å²) in [7, 11) is 0. The summed E-state index contributed by atoms with van der Waals surface area (Å²) in [4.78, 5) is 11.7. The second kappa shape index (κ2) is 8.03. The molecule has 0 bridgehead atoms. The van der Waals surface area contributed by atoms with Crippen LogP contribution in [0.4, 0.5) is 24.8 Å². The van der Waals surface area contributed by atoms with Gasteiger partial charge in [-0.1, -0.05) is 18.2 Å². The first-order chi connectivity index (χ1) is 12.9. The van der Waals surface area contributed by atoms with Crippen LogP contribution in [0.15, 0.2) is 55.0 Å². The highest BCUT2D eigenvalue weighted by atomic mass is 19.4. The molecule has 2 aromatic heterocycles. The van der Waals surface area contributed by atoms with Gasteiger partial charge in [0.1, 0.15) is 5.56 Å². The molecule has 3 N–H and O–H groups in total. The largest absolute Gasteiger partial charge is 0.419 e. The van der Waals surface area contributed by atoms with Crippen LogP contribution < -0.4 is 11.1 Å². The second-order valence-electron chi connectivity index (χ2n) is 5.92. The van der Waals surface area contributed by atoms with Gasteiger partial charge in [-0.25, -0.2) is 9.97 Å². The number of hydrogen-bond donors (Lipinski definition) is 2. The Kier molecular flexibility index (Phi) is 5.54. The molecule has 0 atom stereocenters. The lowest BCUT2D eigenvalue weighted by molar-refractivity contribution is -0.137. The van der Waals surface area contributed by atoms with Crippen LogP contribution in [-0.2, 0) is 12.6 Å². The number of nitrogen functional groups attached to an aromatic ring is 1.